The zero-order chi connectivity index (χ0) is 16.7. The van der Waals surface area contributed by atoms with Gasteiger partial charge in [-0.1, -0.05) is 23.8 Å². The fourth-order valence-electron chi connectivity index (χ4n) is 1.73. The Bertz CT molecular complexity index is 685. The number of hydrogen-bond donors (Lipinski definition) is 1. The van der Waals surface area contributed by atoms with Gasteiger partial charge < -0.3 is 14.8 Å². The first-order valence-electron chi connectivity index (χ1n) is 6.93. The molecule has 2 aromatic rings. The lowest BCUT2D eigenvalue weighted by molar-refractivity contribution is -0.149. The predicted molar refractivity (Wildman–Crippen MR) is 82.7 cm³/mol. The van der Waals surface area contributed by atoms with Gasteiger partial charge in [0.2, 0.25) is 0 Å². The number of halogens is 1. The molecule has 120 valence electrons. The molecule has 0 saturated heterocycles. The van der Waals surface area contributed by atoms with Gasteiger partial charge in [0.25, 0.3) is 5.91 Å². The summed E-state index contributed by atoms with van der Waals surface area (Å²) in [4.78, 5) is 23.1. The molecule has 0 saturated carbocycles. The Hall–Kier alpha value is -2.89. The van der Waals surface area contributed by atoms with Gasteiger partial charge in [-0.25, -0.2) is 9.18 Å². The summed E-state index contributed by atoms with van der Waals surface area (Å²) >= 11 is 0. The first-order valence-corrected chi connectivity index (χ1v) is 6.93. The van der Waals surface area contributed by atoms with Gasteiger partial charge in [-0.2, -0.15) is 0 Å². The summed E-state index contributed by atoms with van der Waals surface area (Å²) < 4.78 is 23.0. The van der Waals surface area contributed by atoms with E-state index in [0.717, 1.165) is 5.56 Å². The van der Waals surface area contributed by atoms with Crippen LogP contribution in [-0.2, 0) is 14.3 Å². The molecule has 0 aromatic heterocycles. The standard InChI is InChI=1S/C17H16FNO4/c1-12-5-7-15(8-6-12)22-11-17(21)23-10-16(20)19-14-4-2-3-13(18)9-14/h2-9H,10-11H2,1H3,(H,19,20). The zero-order valence-electron chi connectivity index (χ0n) is 12.5. The molecule has 0 spiro atoms. The Morgan fingerprint density at radius 1 is 1.09 bits per heavy atom. The molecule has 23 heavy (non-hydrogen) atoms. The normalized spacial score (nSPS) is 10.0. The third kappa shape index (κ3) is 5.78. The van der Waals surface area contributed by atoms with Gasteiger partial charge in [0, 0.05) is 5.69 Å². The lowest BCUT2D eigenvalue weighted by Crippen LogP contribution is -2.23. The molecule has 0 radical (unpaired) electrons. The van der Waals surface area contributed by atoms with Crippen LogP contribution in [0.25, 0.3) is 0 Å². The maximum Gasteiger partial charge on any atom is 0.344 e. The van der Waals surface area contributed by atoms with Crippen molar-refractivity contribution in [3.05, 3.63) is 59.9 Å². The number of carbonyl (C=O) groups excluding carboxylic acids is 2. The van der Waals surface area contributed by atoms with Crippen molar-refractivity contribution in [2.24, 2.45) is 0 Å². The highest BCUT2D eigenvalue weighted by Crippen LogP contribution is 2.11. The van der Waals surface area contributed by atoms with Gasteiger partial charge in [0.15, 0.2) is 13.2 Å². The number of aryl methyl sites for hydroxylation is 1. The molecule has 1 amide bonds. The highest BCUT2D eigenvalue weighted by atomic mass is 19.1. The van der Waals surface area contributed by atoms with Gasteiger partial charge >= 0.3 is 5.97 Å². The maximum absolute atomic E-state index is 13.0. The molecule has 1 N–H and O–H groups in total. The Kier molecular flexibility index (Phi) is 5.68. The summed E-state index contributed by atoms with van der Waals surface area (Å²) in [6, 6.07) is 12.6. The molecule has 0 aliphatic carbocycles. The topological polar surface area (TPSA) is 64.6 Å². The average molecular weight is 317 g/mol. The minimum Gasteiger partial charge on any atom is -0.482 e. The second-order valence-electron chi connectivity index (χ2n) is 4.82. The number of anilines is 1. The van der Waals surface area contributed by atoms with E-state index in [1.165, 1.54) is 24.3 Å². The Labute approximate surface area is 133 Å². The molecule has 0 bridgehead atoms. The van der Waals surface area contributed by atoms with Gasteiger partial charge in [0.05, 0.1) is 0 Å². The minimum atomic E-state index is -0.667. The monoisotopic (exact) mass is 317 g/mol. The molecule has 0 unspecified atom stereocenters. The van der Waals surface area contributed by atoms with Gasteiger partial charge in [-0.3, -0.25) is 4.79 Å². The molecule has 0 heterocycles. The molecule has 0 aliphatic rings. The number of ether oxygens (including phenoxy) is 2. The van der Waals surface area contributed by atoms with Crippen molar-refractivity contribution in [2.75, 3.05) is 18.5 Å². The minimum absolute atomic E-state index is 0.293. The number of rotatable bonds is 6. The molecule has 2 rings (SSSR count). The third-order valence-electron chi connectivity index (χ3n) is 2.85. The van der Waals surface area contributed by atoms with Crippen LogP contribution in [-0.4, -0.2) is 25.1 Å². The first-order chi connectivity index (χ1) is 11.0. The largest absolute Gasteiger partial charge is 0.482 e. The molecular weight excluding hydrogens is 301 g/mol. The van der Waals surface area contributed by atoms with Crippen LogP contribution in [0, 0.1) is 12.7 Å². The summed E-state index contributed by atoms with van der Waals surface area (Å²) in [6.07, 6.45) is 0. The fraction of sp³-hybridized carbons (Fsp3) is 0.176. The highest BCUT2D eigenvalue weighted by Gasteiger charge is 2.09. The molecule has 0 fully saturated rings. The quantitative estimate of drug-likeness (QED) is 0.832. The fourth-order valence-corrected chi connectivity index (χ4v) is 1.73. The number of benzene rings is 2. The second-order valence-corrected chi connectivity index (χ2v) is 4.82. The zero-order valence-corrected chi connectivity index (χ0v) is 12.5. The molecular formula is C17H16FNO4. The summed E-state index contributed by atoms with van der Waals surface area (Å²) in [5.41, 5.74) is 1.37. The van der Waals surface area contributed by atoms with Crippen LogP contribution >= 0.6 is 0 Å². The third-order valence-corrected chi connectivity index (χ3v) is 2.85. The summed E-state index contributed by atoms with van der Waals surface area (Å²) in [5.74, 6) is -1.15. The molecule has 5 nitrogen and oxygen atoms in total. The van der Waals surface area contributed by atoms with E-state index in [2.05, 4.69) is 5.32 Å². The number of nitrogens with one attached hydrogen (secondary N) is 1. The van der Waals surface area contributed by atoms with Gasteiger partial charge in [0.1, 0.15) is 11.6 Å². The predicted octanol–water partition coefficient (Wildman–Crippen LogP) is 2.69. The number of amides is 1. The molecule has 0 atom stereocenters. The van der Waals surface area contributed by atoms with Gasteiger partial charge in [-0.05, 0) is 37.3 Å². The van der Waals surface area contributed by atoms with Crippen LogP contribution in [0.5, 0.6) is 5.75 Å². The van der Waals surface area contributed by atoms with Crippen LogP contribution in [0.15, 0.2) is 48.5 Å². The maximum atomic E-state index is 13.0. The number of esters is 1. The van der Waals surface area contributed by atoms with Crippen LogP contribution in [0.2, 0.25) is 0 Å². The molecule has 6 heteroatoms. The smallest absolute Gasteiger partial charge is 0.344 e. The Morgan fingerprint density at radius 2 is 1.83 bits per heavy atom. The van der Waals surface area contributed by atoms with Crippen LogP contribution in [0.4, 0.5) is 10.1 Å². The van der Waals surface area contributed by atoms with E-state index < -0.39 is 24.3 Å². The van der Waals surface area contributed by atoms with E-state index >= 15 is 0 Å². The second kappa shape index (κ2) is 7.93. The van der Waals surface area contributed by atoms with Crippen molar-refractivity contribution in [2.45, 2.75) is 6.92 Å². The van der Waals surface area contributed by atoms with Crippen molar-refractivity contribution in [1.82, 2.24) is 0 Å². The summed E-state index contributed by atoms with van der Waals surface area (Å²) in [7, 11) is 0. The van der Waals surface area contributed by atoms with Crippen LogP contribution < -0.4 is 10.1 Å². The van der Waals surface area contributed by atoms with E-state index in [-0.39, 0.29) is 6.61 Å². The van der Waals surface area contributed by atoms with Crippen LogP contribution in [0.3, 0.4) is 0 Å². The Morgan fingerprint density at radius 3 is 2.52 bits per heavy atom. The molecule has 0 aliphatic heterocycles. The van der Waals surface area contributed by atoms with Crippen molar-refractivity contribution in [3.8, 4) is 5.75 Å². The van der Waals surface area contributed by atoms with Crippen molar-refractivity contribution in [1.29, 1.82) is 0 Å². The number of carbonyl (C=O) groups is 2. The molecule has 2 aromatic carbocycles. The van der Waals surface area contributed by atoms with E-state index in [4.69, 9.17) is 9.47 Å². The first kappa shape index (κ1) is 16.5. The van der Waals surface area contributed by atoms with E-state index in [9.17, 15) is 14.0 Å². The average Bonchev–Trinajstić information content (AvgIpc) is 2.52. The van der Waals surface area contributed by atoms with Crippen molar-refractivity contribution >= 4 is 17.6 Å². The SMILES string of the molecule is Cc1ccc(OCC(=O)OCC(=O)Nc2cccc(F)c2)cc1. The lowest BCUT2D eigenvalue weighted by atomic mass is 10.2. The highest BCUT2D eigenvalue weighted by molar-refractivity contribution is 5.92. The number of hydrogen-bond acceptors (Lipinski definition) is 4. The van der Waals surface area contributed by atoms with Crippen molar-refractivity contribution in [3.63, 3.8) is 0 Å². The summed E-state index contributed by atoms with van der Waals surface area (Å²) in [5, 5.41) is 2.42. The van der Waals surface area contributed by atoms with E-state index in [1.807, 2.05) is 19.1 Å². The van der Waals surface area contributed by atoms with Crippen LogP contribution in [0.1, 0.15) is 5.56 Å². The van der Waals surface area contributed by atoms with E-state index in [0.29, 0.717) is 11.4 Å². The lowest BCUT2D eigenvalue weighted by Gasteiger charge is -2.08. The van der Waals surface area contributed by atoms with Gasteiger partial charge in [-0.15, -0.1) is 0 Å². The Balaban J connectivity index is 1.71. The van der Waals surface area contributed by atoms with E-state index in [1.54, 1.807) is 12.1 Å². The summed E-state index contributed by atoms with van der Waals surface area (Å²) in [6.45, 7) is 1.18. The van der Waals surface area contributed by atoms with Crippen molar-refractivity contribution < 1.29 is 23.5 Å².